The maximum Gasteiger partial charge on any atom is 0.239 e. The predicted molar refractivity (Wildman–Crippen MR) is 106 cm³/mol. The molecular weight excluding hydrogens is 340 g/mol. The number of ether oxygens (including phenoxy) is 1. The lowest BCUT2D eigenvalue weighted by atomic mass is 10.1. The van der Waals surface area contributed by atoms with Gasteiger partial charge in [0.2, 0.25) is 5.91 Å². The van der Waals surface area contributed by atoms with E-state index in [1.807, 2.05) is 13.8 Å². The van der Waals surface area contributed by atoms with Crippen molar-refractivity contribution >= 4 is 11.7 Å². The minimum absolute atomic E-state index is 0.0295. The van der Waals surface area contributed by atoms with Gasteiger partial charge in [0.25, 0.3) is 0 Å². The molecule has 1 N–H and O–H groups in total. The summed E-state index contributed by atoms with van der Waals surface area (Å²) in [6.07, 6.45) is 8.38. The van der Waals surface area contributed by atoms with Crippen molar-refractivity contribution < 1.29 is 9.53 Å². The van der Waals surface area contributed by atoms with Gasteiger partial charge in [-0.15, -0.1) is 0 Å². The molecule has 2 fully saturated rings. The Hall–Kier alpha value is -1.84. The summed E-state index contributed by atoms with van der Waals surface area (Å²) in [5.74, 6) is 0.609. The van der Waals surface area contributed by atoms with Crippen molar-refractivity contribution in [3.05, 3.63) is 16.8 Å². The second-order valence-corrected chi connectivity index (χ2v) is 7.88. The highest BCUT2D eigenvalue weighted by Gasteiger charge is 2.24. The molecule has 2 aliphatic rings. The van der Waals surface area contributed by atoms with Crippen LogP contribution in [0.2, 0.25) is 0 Å². The first-order valence-electron chi connectivity index (χ1n) is 10.3. The van der Waals surface area contributed by atoms with Crippen LogP contribution in [0.1, 0.15) is 61.8 Å². The lowest BCUT2D eigenvalue weighted by molar-refractivity contribution is -0.117. The van der Waals surface area contributed by atoms with Gasteiger partial charge in [0.15, 0.2) is 0 Å². The van der Waals surface area contributed by atoms with E-state index in [2.05, 4.69) is 20.9 Å². The standard InChI is InChI=1S/C21H32N4O2/c1-16-17(2)25(14-18-9-8-12-27-18)21(19(16)13-22)23-20(26)15-24-10-6-4-3-5-7-11-24/h18H,3-12,14-15H2,1-2H3,(H,23,26)/t18-/m0/s1. The number of nitrogens with zero attached hydrogens (tertiary/aromatic N) is 3. The molecule has 0 saturated carbocycles. The zero-order valence-corrected chi connectivity index (χ0v) is 16.7. The van der Waals surface area contributed by atoms with Gasteiger partial charge in [0, 0.05) is 12.3 Å². The molecule has 6 heteroatoms. The number of hydrogen-bond donors (Lipinski definition) is 1. The zero-order chi connectivity index (χ0) is 19.2. The molecule has 0 unspecified atom stereocenters. The number of nitriles is 1. The van der Waals surface area contributed by atoms with Crippen LogP contribution in [0.25, 0.3) is 0 Å². The molecule has 0 radical (unpaired) electrons. The largest absolute Gasteiger partial charge is 0.376 e. The Labute approximate surface area is 162 Å². The van der Waals surface area contributed by atoms with Crippen molar-refractivity contribution in [1.29, 1.82) is 5.26 Å². The number of rotatable bonds is 5. The predicted octanol–water partition coefficient (Wildman–Crippen LogP) is 3.36. The van der Waals surface area contributed by atoms with Crippen molar-refractivity contribution in [2.75, 3.05) is 31.6 Å². The molecule has 3 heterocycles. The molecule has 0 aliphatic carbocycles. The van der Waals surface area contributed by atoms with Crippen molar-refractivity contribution in [3.8, 4) is 6.07 Å². The van der Waals surface area contributed by atoms with E-state index in [1.165, 1.54) is 19.3 Å². The van der Waals surface area contributed by atoms with E-state index in [4.69, 9.17) is 4.74 Å². The zero-order valence-electron chi connectivity index (χ0n) is 16.7. The summed E-state index contributed by atoms with van der Waals surface area (Å²) in [5.41, 5.74) is 2.55. The van der Waals surface area contributed by atoms with E-state index in [-0.39, 0.29) is 12.0 Å². The molecule has 1 aromatic heterocycles. The molecule has 0 aromatic carbocycles. The molecular formula is C21H32N4O2. The smallest absolute Gasteiger partial charge is 0.239 e. The number of anilines is 1. The molecule has 1 amide bonds. The average Bonchev–Trinajstić information content (AvgIpc) is 3.20. The van der Waals surface area contributed by atoms with Crippen molar-refractivity contribution in [2.24, 2.45) is 0 Å². The van der Waals surface area contributed by atoms with Crippen LogP contribution in [0.4, 0.5) is 5.82 Å². The fourth-order valence-corrected chi connectivity index (χ4v) is 4.20. The van der Waals surface area contributed by atoms with E-state index >= 15 is 0 Å². The SMILES string of the molecule is Cc1c(C#N)c(NC(=O)CN2CCCCCCC2)n(C[C@@H]2CCCO2)c1C. The molecule has 3 rings (SSSR count). The fraction of sp³-hybridized carbons (Fsp3) is 0.714. The first-order chi connectivity index (χ1) is 13.1. The minimum atomic E-state index is -0.0295. The summed E-state index contributed by atoms with van der Waals surface area (Å²) in [6, 6.07) is 2.29. The van der Waals surface area contributed by atoms with E-state index in [0.717, 1.165) is 56.6 Å². The topological polar surface area (TPSA) is 70.3 Å². The highest BCUT2D eigenvalue weighted by atomic mass is 16.5. The second kappa shape index (κ2) is 9.38. The van der Waals surface area contributed by atoms with E-state index < -0.39 is 0 Å². The van der Waals surface area contributed by atoms with Crippen LogP contribution in [0.5, 0.6) is 0 Å². The summed E-state index contributed by atoms with van der Waals surface area (Å²) < 4.78 is 7.84. The lowest BCUT2D eigenvalue weighted by Crippen LogP contribution is -2.36. The Morgan fingerprint density at radius 3 is 2.52 bits per heavy atom. The number of carbonyl (C=O) groups is 1. The monoisotopic (exact) mass is 372 g/mol. The van der Waals surface area contributed by atoms with Crippen LogP contribution < -0.4 is 5.32 Å². The maximum atomic E-state index is 12.8. The van der Waals surface area contributed by atoms with Crippen LogP contribution in [0.15, 0.2) is 0 Å². The Balaban J connectivity index is 1.72. The third kappa shape index (κ3) is 4.91. The Morgan fingerprint density at radius 2 is 1.89 bits per heavy atom. The Morgan fingerprint density at radius 1 is 1.19 bits per heavy atom. The number of likely N-dealkylation sites (tertiary alicyclic amines) is 1. The minimum Gasteiger partial charge on any atom is -0.376 e. The van der Waals surface area contributed by atoms with Gasteiger partial charge < -0.3 is 14.6 Å². The first-order valence-corrected chi connectivity index (χ1v) is 10.3. The van der Waals surface area contributed by atoms with Gasteiger partial charge in [0.05, 0.1) is 24.8 Å². The molecule has 27 heavy (non-hydrogen) atoms. The second-order valence-electron chi connectivity index (χ2n) is 7.88. The molecule has 0 spiro atoms. The van der Waals surface area contributed by atoms with Crippen LogP contribution >= 0.6 is 0 Å². The molecule has 0 bridgehead atoms. The molecule has 2 saturated heterocycles. The lowest BCUT2D eigenvalue weighted by Gasteiger charge is -2.24. The summed E-state index contributed by atoms with van der Waals surface area (Å²) in [6.45, 7) is 7.81. The summed E-state index contributed by atoms with van der Waals surface area (Å²) in [4.78, 5) is 15.0. The number of carbonyl (C=O) groups excluding carboxylic acids is 1. The number of nitrogens with one attached hydrogen (secondary N) is 1. The maximum absolute atomic E-state index is 12.8. The third-order valence-electron chi connectivity index (χ3n) is 5.93. The van der Waals surface area contributed by atoms with Crippen LogP contribution in [0.3, 0.4) is 0 Å². The summed E-state index contributed by atoms with van der Waals surface area (Å²) in [7, 11) is 0. The van der Waals surface area contributed by atoms with E-state index in [1.54, 1.807) is 0 Å². The van der Waals surface area contributed by atoms with Gasteiger partial charge >= 0.3 is 0 Å². The number of hydrogen-bond acceptors (Lipinski definition) is 4. The quantitative estimate of drug-likeness (QED) is 0.860. The molecule has 148 valence electrons. The highest BCUT2D eigenvalue weighted by molar-refractivity contribution is 5.93. The van der Waals surface area contributed by atoms with Crippen molar-refractivity contribution in [2.45, 2.75) is 71.4 Å². The molecule has 6 nitrogen and oxygen atoms in total. The average molecular weight is 373 g/mol. The van der Waals surface area contributed by atoms with Gasteiger partial charge in [-0.1, -0.05) is 19.3 Å². The molecule has 2 aliphatic heterocycles. The van der Waals surface area contributed by atoms with E-state index in [9.17, 15) is 10.1 Å². The summed E-state index contributed by atoms with van der Waals surface area (Å²) in [5, 5.41) is 12.7. The van der Waals surface area contributed by atoms with E-state index in [0.29, 0.717) is 24.5 Å². The summed E-state index contributed by atoms with van der Waals surface area (Å²) >= 11 is 0. The van der Waals surface area contributed by atoms with Crippen LogP contribution in [-0.4, -0.2) is 47.7 Å². The fourth-order valence-electron chi connectivity index (χ4n) is 4.20. The molecule has 1 atom stereocenters. The normalized spacial score (nSPS) is 21.4. The van der Waals surface area contributed by atoms with Gasteiger partial charge in [0.1, 0.15) is 11.9 Å². The van der Waals surface area contributed by atoms with Gasteiger partial charge in [-0.05, 0) is 58.2 Å². The number of amides is 1. The number of aromatic nitrogens is 1. The van der Waals surface area contributed by atoms with Gasteiger partial charge in [-0.25, -0.2) is 0 Å². The molecule has 1 aromatic rings. The van der Waals surface area contributed by atoms with Gasteiger partial charge in [-0.2, -0.15) is 5.26 Å². The van der Waals surface area contributed by atoms with Crippen LogP contribution in [-0.2, 0) is 16.1 Å². The van der Waals surface area contributed by atoms with Crippen molar-refractivity contribution in [1.82, 2.24) is 9.47 Å². The first kappa shape index (κ1) is 19.9. The third-order valence-corrected chi connectivity index (χ3v) is 5.93. The highest BCUT2D eigenvalue weighted by Crippen LogP contribution is 2.28. The van der Waals surface area contributed by atoms with Crippen LogP contribution in [0, 0.1) is 25.2 Å². The Kier molecular flexibility index (Phi) is 6.92. The Bertz CT molecular complexity index is 690. The van der Waals surface area contributed by atoms with Gasteiger partial charge in [-0.3, -0.25) is 9.69 Å². The van der Waals surface area contributed by atoms with Crippen molar-refractivity contribution in [3.63, 3.8) is 0 Å².